The predicted molar refractivity (Wildman–Crippen MR) is 354 cm³/mol. The highest BCUT2D eigenvalue weighted by Crippen LogP contribution is 2.35. The molecular weight excluding hydrogens is 1250 g/mol. The van der Waals surface area contributed by atoms with Crippen molar-refractivity contribution in [1.82, 2.24) is 46.7 Å². The zero-order valence-corrected chi connectivity index (χ0v) is 55.1. The lowest BCUT2D eigenvalue weighted by Gasteiger charge is -2.37. The number of aromatic nitrogens is 1. The van der Waals surface area contributed by atoms with E-state index in [1.54, 1.807) is 43.3 Å². The van der Waals surface area contributed by atoms with Gasteiger partial charge in [-0.1, -0.05) is 48.5 Å². The molecule has 0 unspecified atom stereocenters. The fraction of sp³-hybridized carbons (Fsp3) is 0.472. The van der Waals surface area contributed by atoms with Gasteiger partial charge in [-0.15, -0.1) is 0 Å². The summed E-state index contributed by atoms with van der Waals surface area (Å²) in [6.45, 7) is 4.23. The number of allylic oxidation sites excluding steroid dienone is 1. The topological polar surface area (TPSA) is 321 Å². The number of fused-ring (bicyclic) bond motifs is 30. The normalized spacial score (nSPS) is 25.4. The summed E-state index contributed by atoms with van der Waals surface area (Å²) in [5.74, 6) is -9.30. The van der Waals surface area contributed by atoms with Crippen LogP contribution in [0.15, 0.2) is 97.2 Å². The molecule has 2 bridgehead atoms. The number of carbonyl (C=O) groups is 10. The second-order valence-corrected chi connectivity index (χ2v) is 26.1. The van der Waals surface area contributed by atoms with Gasteiger partial charge in [0, 0.05) is 81.1 Å². The van der Waals surface area contributed by atoms with E-state index in [0.29, 0.717) is 89.4 Å². The molecule has 0 spiro atoms. The third-order valence-electron chi connectivity index (χ3n) is 19.1. The Hall–Kier alpha value is -9.23. The Kier molecular flexibility index (Phi) is 24.3. The molecular formula is C72H87F3N10O12. The van der Waals surface area contributed by atoms with Crippen molar-refractivity contribution in [1.29, 1.82) is 0 Å². The minimum Gasteiger partial charge on any atom is -0.497 e. The molecule has 97 heavy (non-hydrogen) atoms. The number of rotatable bonds is 12. The maximum Gasteiger partial charge on any atom is 0.246 e. The molecule has 5 heterocycles. The van der Waals surface area contributed by atoms with Crippen LogP contribution in [-0.4, -0.2) is 160 Å². The van der Waals surface area contributed by atoms with Crippen LogP contribution in [0.5, 0.6) is 5.75 Å². The van der Waals surface area contributed by atoms with Crippen LogP contribution in [0, 0.1) is 17.6 Å². The maximum absolute atomic E-state index is 16.1. The number of ether oxygens (including phenoxy) is 1. The monoisotopic (exact) mass is 1340 g/mol. The minimum atomic E-state index is -1.83. The Morgan fingerprint density at radius 1 is 0.722 bits per heavy atom. The van der Waals surface area contributed by atoms with Gasteiger partial charge in [-0.05, 0) is 167 Å². The van der Waals surface area contributed by atoms with Crippen molar-refractivity contribution in [2.45, 2.75) is 184 Å². The summed E-state index contributed by atoms with van der Waals surface area (Å²) >= 11 is 0. The van der Waals surface area contributed by atoms with Gasteiger partial charge in [-0.2, -0.15) is 0 Å². The Balaban J connectivity index is 1.04. The predicted octanol–water partition coefficient (Wildman–Crippen LogP) is 5.12. The van der Waals surface area contributed by atoms with Crippen LogP contribution in [-0.2, 0) is 80.2 Å². The van der Waals surface area contributed by atoms with Crippen LogP contribution in [0.4, 0.5) is 13.2 Å². The molecule has 10 N–H and O–H groups in total. The third-order valence-corrected chi connectivity index (χ3v) is 19.1. The van der Waals surface area contributed by atoms with E-state index in [9.17, 15) is 43.1 Å². The van der Waals surface area contributed by atoms with Gasteiger partial charge in [0.1, 0.15) is 53.8 Å². The molecule has 8 amide bonds. The number of H-pyrrole nitrogens is 1. The smallest absolute Gasteiger partial charge is 0.246 e. The summed E-state index contributed by atoms with van der Waals surface area (Å²) in [5.41, 5.74) is 9.17. The number of carbonyl (C=O) groups excluding carboxylic acids is 10. The van der Waals surface area contributed by atoms with Crippen molar-refractivity contribution in [2.24, 2.45) is 11.7 Å². The van der Waals surface area contributed by atoms with Gasteiger partial charge < -0.3 is 62.3 Å². The maximum atomic E-state index is 16.1. The van der Waals surface area contributed by atoms with Crippen LogP contribution in [0.2, 0.25) is 0 Å². The van der Waals surface area contributed by atoms with Crippen molar-refractivity contribution >= 4 is 75.3 Å². The first-order valence-corrected chi connectivity index (χ1v) is 33.3. The number of amides is 8. The van der Waals surface area contributed by atoms with Gasteiger partial charge >= 0.3 is 0 Å². The first-order chi connectivity index (χ1) is 46.4. The highest BCUT2D eigenvalue weighted by atomic mass is 19.1. The number of benzene rings is 4. The lowest BCUT2D eigenvalue weighted by Crippen LogP contribution is -2.62. The SMILES string of the molecule is COc1ccc(C[C@@H]2NC(=O)[C@H]([C@H](C)O)NC(=O)[C@@H]3C[C@H](F)CN3C(=O)[C@H](CC3=CCc4ccc(F)cc43)NC(=O)[C@H](Cc3c[nH]c4ccc(F)cc34)CC(=O)[C@@H](C)NC(=O)[C@H](CCCCN)NC(=O)CCC(=O)NCc3ccc(cc3)CCCC(=O)[C@]3(C)CCCN3C2=O)cc1. The fourth-order valence-electron chi connectivity index (χ4n) is 13.4. The molecule has 2 saturated heterocycles. The zero-order chi connectivity index (χ0) is 69.7. The summed E-state index contributed by atoms with van der Waals surface area (Å²) in [7, 11) is 1.49. The number of aliphatic hydroxyl groups excluding tert-OH is 1. The average molecular weight is 1340 g/mol. The number of halogens is 3. The lowest BCUT2D eigenvalue weighted by atomic mass is 9.88. The third kappa shape index (κ3) is 18.3. The number of aryl methyl sites for hydroxylation is 1. The van der Waals surface area contributed by atoms with E-state index in [-0.39, 0.29) is 70.4 Å². The number of nitrogens with zero attached hydrogens (tertiary/aromatic N) is 2. The Labute approximate surface area is 561 Å². The number of hydrogen-bond acceptors (Lipinski definition) is 13. The van der Waals surface area contributed by atoms with Crippen LogP contribution in [0.1, 0.15) is 131 Å². The number of aromatic amines is 1. The van der Waals surface area contributed by atoms with Gasteiger partial charge in [-0.25, -0.2) is 13.2 Å². The number of alkyl halides is 1. The van der Waals surface area contributed by atoms with E-state index in [2.05, 4.69) is 36.9 Å². The van der Waals surface area contributed by atoms with Gasteiger partial charge in [0.2, 0.25) is 47.3 Å². The van der Waals surface area contributed by atoms with E-state index < -0.39 is 144 Å². The van der Waals surface area contributed by atoms with Crippen LogP contribution in [0.3, 0.4) is 0 Å². The summed E-state index contributed by atoms with van der Waals surface area (Å²) < 4.78 is 51.4. The molecule has 4 aliphatic heterocycles. The zero-order valence-electron chi connectivity index (χ0n) is 55.1. The molecule has 10 atom stereocenters. The second kappa shape index (κ2) is 32.7. The molecule has 1 aliphatic carbocycles. The van der Waals surface area contributed by atoms with E-state index in [1.165, 1.54) is 62.4 Å². The number of unbranched alkanes of at least 4 members (excludes halogenated alkanes) is 1. The van der Waals surface area contributed by atoms with Gasteiger partial charge in [0.05, 0.1) is 31.3 Å². The molecule has 0 radical (unpaired) electrons. The van der Waals surface area contributed by atoms with Gasteiger partial charge in [0.15, 0.2) is 11.6 Å². The highest BCUT2D eigenvalue weighted by molar-refractivity contribution is 6.00. The van der Waals surface area contributed by atoms with Crippen molar-refractivity contribution < 1.29 is 71.0 Å². The summed E-state index contributed by atoms with van der Waals surface area (Å²) in [6, 6.07) is 13.3. The van der Waals surface area contributed by atoms with E-state index in [4.69, 9.17) is 10.5 Å². The first kappa shape index (κ1) is 72.0. The van der Waals surface area contributed by atoms with Crippen molar-refractivity contribution in [3.05, 3.63) is 142 Å². The standard InChI is InChI=1S/C72H87F3N10O12/c1-41-61(87)34-48(32-49-39-77-56-25-22-51(74)36-55(49)56)66(91)81-59(33-47-19-18-46-20-21-50(73)35-54(46)47)70(95)84-40-52(75)37-60(84)68(93)83-65(42(2)86)69(94)82-58(31-44-16-23-53(97-4)24-17-44)71(96)85-30-8-28-72(85,3)62(88)11-7-9-43-12-14-45(15-13-43)38-78-63(89)26-27-64(90)80-57(67(92)79-41)10-5-6-29-76/h12-17,19-25,35-36,39,41-42,48,52,57-60,65,77,86H,5-11,18,26-34,37-38,40,76H2,1-4H3,(H,78,89)(H,79,92)(H,80,90)(H,81,91)(H,82,94)(H,83,93)/t41-,42+,48-,52+,57+,58+,59+,60+,65+,72+/m1/s1. The van der Waals surface area contributed by atoms with Crippen molar-refractivity contribution in [3.8, 4) is 5.75 Å². The number of nitrogens with two attached hydrogens (primary N) is 1. The quantitative estimate of drug-likeness (QED) is 0.0734. The summed E-state index contributed by atoms with van der Waals surface area (Å²) in [6.07, 6.45) is 0.545. The number of nitrogens with one attached hydrogen (secondary N) is 7. The lowest BCUT2D eigenvalue weighted by molar-refractivity contribution is -0.146. The summed E-state index contributed by atoms with van der Waals surface area (Å²) in [4.78, 5) is 150. The first-order valence-electron chi connectivity index (χ1n) is 33.3. The Morgan fingerprint density at radius 3 is 2.15 bits per heavy atom. The molecule has 5 aromatic rings. The number of hydrogen-bond donors (Lipinski definition) is 9. The van der Waals surface area contributed by atoms with E-state index in [1.807, 2.05) is 24.3 Å². The van der Waals surface area contributed by atoms with Crippen LogP contribution in [0.25, 0.3) is 16.5 Å². The van der Waals surface area contributed by atoms with Gasteiger partial charge in [0.25, 0.3) is 0 Å². The Bertz CT molecular complexity index is 3770. The largest absolute Gasteiger partial charge is 0.497 e. The average Bonchev–Trinajstić information content (AvgIpc) is 1.78. The van der Waals surface area contributed by atoms with E-state index >= 15 is 23.2 Å². The molecule has 0 saturated carbocycles. The molecule has 4 aromatic carbocycles. The van der Waals surface area contributed by atoms with Crippen LogP contribution < -0.4 is 42.4 Å². The summed E-state index contributed by atoms with van der Waals surface area (Å²) in [5, 5.41) is 27.9. The van der Waals surface area contributed by atoms with Gasteiger partial charge in [-0.3, -0.25) is 47.9 Å². The van der Waals surface area contributed by atoms with Crippen molar-refractivity contribution in [2.75, 3.05) is 26.7 Å². The number of methoxy groups -OCH3 is 1. The molecule has 25 heteroatoms. The molecule has 518 valence electrons. The Morgan fingerprint density at radius 2 is 1.42 bits per heavy atom. The number of Topliss-reactive ketones (excluding diaryl/α,β-unsaturated/α-hetero) is 2. The number of ketones is 2. The fourth-order valence-corrected chi connectivity index (χ4v) is 13.4. The molecule has 5 aliphatic rings. The molecule has 2 fully saturated rings. The minimum absolute atomic E-state index is 0.101. The van der Waals surface area contributed by atoms with Crippen LogP contribution >= 0.6 is 0 Å². The molecule has 22 nitrogen and oxygen atoms in total. The van der Waals surface area contributed by atoms with Crippen molar-refractivity contribution in [3.63, 3.8) is 0 Å². The molecule has 1 aromatic heterocycles. The van der Waals surface area contributed by atoms with E-state index in [0.717, 1.165) is 16.0 Å². The second-order valence-electron chi connectivity index (χ2n) is 26.1. The highest BCUT2D eigenvalue weighted by Gasteiger charge is 2.48. The molecule has 10 rings (SSSR count). The number of aliphatic hydroxyl groups is 1.